The zero-order chi connectivity index (χ0) is 2.00. The van der Waals surface area contributed by atoms with Crippen LogP contribution < -0.4 is 0 Å². The van der Waals surface area contributed by atoms with Crippen LogP contribution in [0.15, 0.2) is 0 Å². The summed E-state index contributed by atoms with van der Waals surface area (Å²) in [6, 6.07) is 0. The molecule has 6 heteroatoms. The van der Waals surface area contributed by atoms with Crippen LogP contribution in [-0.4, -0.2) is 88.3 Å². The molecule has 0 atom stereocenters. The van der Waals surface area contributed by atoms with E-state index in [0.29, 0.717) is 10.1 Å². The van der Waals surface area contributed by atoms with Crippen molar-refractivity contribution in [2.75, 3.05) is 0 Å². The van der Waals surface area contributed by atoms with E-state index in [9.17, 15) is 0 Å². The van der Waals surface area contributed by atoms with Gasteiger partial charge in [-0.2, -0.15) is 0 Å². The first-order chi connectivity index (χ1) is 1.00. The van der Waals surface area contributed by atoms with Gasteiger partial charge in [-0.25, -0.2) is 0 Å². The Balaban J connectivity index is -0.000000000833. The molecule has 0 saturated carbocycles. The van der Waals surface area contributed by atoms with Gasteiger partial charge in [0, 0.05) is 21.7 Å². The van der Waals surface area contributed by atoms with E-state index in [4.69, 9.17) is 4.46 Å². The van der Waals surface area contributed by atoms with Gasteiger partial charge in [0.05, 0.1) is 0 Å². The molecule has 0 bridgehead atoms. The van der Waals surface area contributed by atoms with Crippen LogP contribution in [0.4, 0.5) is 0 Å². The van der Waals surface area contributed by atoms with Crippen LogP contribution in [0.2, 0.25) is 0 Å². The molecule has 0 fully saturated rings. The average molecular weight is 192 g/mol. The van der Waals surface area contributed by atoms with Crippen molar-refractivity contribution in [1.82, 2.24) is 0 Å². The molecule has 0 aromatic carbocycles. The first kappa shape index (κ1) is 34.7. The number of rotatable bonds is 0. The summed E-state index contributed by atoms with van der Waals surface area (Å²) < 4.78 is 8.28. The van der Waals surface area contributed by atoms with Gasteiger partial charge in [-0.1, -0.05) is 0 Å². The molecule has 0 aliphatic rings. The van der Waals surface area contributed by atoms with Gasteiger partial charge in [0.25, 0.3) is 0 Å². The van der Waals surface area contributed by atoms with Crippen molar-refractivity contribution in [1.29, 1.82) is 0 Å². The Morgan fingerprint density at radius 1 is 1.17 bits per heavy atom. The topological polar surface area (TPSA) is 17.1 Å². The minimum absolute atomic E-state index is 0. The Morgan fingerprint density at radius 2 is 1.17 bits per heavy atom. The third kappa shape index (κ3) is 26.6. The molecule has 0 aliphatic heterocycles. The third-order valence-electron chi connectivity index (χ3n) is 0. The van der Waals surface area contributed by atoms with E-state index in [2.05, 4.69) is 0 Å². The molecule has 6 heavy (non-hydrogen) atoms. The second kappa shape index (κ2) is 40.7. The standard InChI is InChI=1S/Al.Ca.Mg.H2OSi.Ti.7H/c;;;1-2;;;;;;;;/h;;;2H2;;;;;;;;. The van der Waals surface area contributed by atoms with Gasteiger partial charge in [-0.3, -0.25) is 0 Å². The summed E-state index contributed by atoms with van der Waals surface area (Å²) in [5.74, 6) is 0. The van der Waals surface area contributed by atoms with Crippen molar-refractivity contribution in [2.45, 2.75) is 0 Å². The summed E-state index contributed by atoms with van der Waals surface area (Å²) in [5.41, 5.74) is 0. The second-order valence-electron chi connectivity index (χ2n) is 0. The average Bonchev–Trinajstić information content (AvgIpc) is 1.00. The molecule has 0 radical (unpaired) electrons. The van der Waals surface area contributed by atoms with E-state index < -0.39 is 0 Å². The number of hydrogen-bond donors (Lipinski definition) is 0. The Hall–Kier alpha value is 3.29. The van der Waals surface area contributed by atoms with Crippen molar-refractivity contribution in [3.05, 3.63) is 0 Å². The van der Waals surface area contributed by atoms with E-state index >= 15 is 0 Å². The molecule has 0 saturated heterocycles. The Bertz CT molecular complexity index is 15.5. The Kier molecular flexibility index (Phi) is 235. The Morgan fingerprint density at radius 3 is 1.17 bits per heavy atom. The van der Waals surface area contributed by atoms with Crippen molar-refractivity contribution >= 4 is 88.3 Å². The smallest absolute Gasteiger partial charge is 0 e. The van der Waals surface area contributed by atoms with E-state index in [1.165, 1.54) is 0 Å². The predicted molar refractivity (Wildman–Crippen MR) is 36.3 cm³/mol. The fraction of sp³-hybridized carbons (Fsp3) is 0. The third-order valence-corrected chi connectivity index (χ3v) is 0. The van der Waals surface area contributed by atoms with Crippen molar-refractivity contribution < 1.29 is 26.2 Å². The quantitative estimate of drug-likeness (QED) is 0.357. The van der Waals surface area contributed by atoms with Gasteiger partial charge >= 0.3 is 60.8 Å². The molecule has 0 amide bonds. The maximum Gasteiger partial charge on any atom is 0.316 e. The molecule has 0 aromatic heterocycles. The van der Waals surface area contributed by atoms with Gasteiger partial charge in [-0.15, -0.1) is 0 Å². The van der Waals surface area contributed by atoms with Crippen LogP contribution in [0.5, 0.6) is 0 Å². The van der Waals surface area contributed by atoms with Crippen LogP contribution in [-0.2, 0) is 26.2 Å². The van der Waals surface area contributed by atoms with Crippen LogP contribution in [0.1, 0.15) is 0 Å². The molecule has 30 valence electrons. The molecule has 0 unspecified atom stereocenters. The van der Waals surface area contributed by atoms with Crippen molar-refractivity contribution in [3.8, 4) is 0 Å². The molecule has 1 nitrogen and oxygen atoms in total. The maximum atomic E-state index is 8.28. The van der Waals surface area contributed by atoms with Crippen molar-refractivity contribution in [3.63, 3.8) is 0 Å². The fourth-order valence-corrected chi connectivity index (χ4v) is 0. The summed E-state index contributed by atoms with van der Waals surface area (Å²) in [6.07, 6.45) is 0. The van der Waals surface area contributed by atoms with Gasteiger partial charge in [0.1, 0.15) is 0 Å². The van der Waals surface area contributed by atoms with Gasteiger partial charge < -0.3 is 4.46 Å². The van der Waals surface area contributed by atoms with E-state index in [-0.39, 0.29) is 99.9 Å². The second-order valence-corrected chi connectivity index (χ2v) is 0. The molecule has 0 rings (SSSR count). The molecule has 0 aromatic rings. The molecule has 0 aliphatic carbocycles. The van der Waals surface area contributed by atoms with Crippen LogP contribution in [0.3, 0.4) is 0 Å². The van der Waals surface area contributed by atoms with E-state index in [1.807, 2.05) is 0 Å². The molecule has 0 spiro atoms. The monoisotopic (exact) mass is 192 g/mol. The molecule has 0 heterocycles. The zero-order valence-corrected chi connectivity index (χ0v) is 4.59. The first-order valence-corrected chi connectivity index (χ1v) is 0.866. The summed E-state index contributed by atoms with van der Waals surface area (Å²) in [6.45, 7) is 0. The minimum atomic E-state index is 0. The van der Waals surface area contributed by atoms with Gasteiger partial charge in [0.15, 0.2) is 17.4 Å². The molecular weight excluding hydrogens is 183 g/mol. The summed E-state index contributed by atoms with van der Waals surface area (Å²) in [5, 5.41) is 0. The van der Waals surface area contributed by atoms with Gasteiger partial charge in [-0.05, 0) is 0 Å². The zero-order valence-electron chi connectivity index (χ0n) is 1.62. The maximum absolute atomic E-state index is 8.28. The van der Waals surface area contributed by atoms with Crippen LogP contribution in [0.25, 0.3) is 0 Å². The normalized spacial score (nSPS) is 0.667. The van der Waals surface area contributed by atoms with E-state index in [0.717, 1.165) is 0 Å². The molecule has 0 N–H and O–H groups in total. The van der Waals surface area contributed by atoms with E-state index in [1.54, 1.807) is 0 Å². The largest absolute Gasteiger partial charge is 0.316 e. The fourth-order valence-electron chi connectivity index (χ4n) is 0. The van der Waals surface area contributed by atoms with Gasteiger partial charge in [0.2, 0.25) is 10.1 Å². The van der Waals surface area contributed by atoms with Crippen LogP contribution in [0, 0.1) is 0 Å². The first-order valence-electron chi connectivity index (χ1n) is 0.289. The number of hydrogen-bond acceptors (Lipinski definition) is 1. The summed E-state index contributed by atoms with van der Waals surface area (Å²) in [7, 11) is 0.611. The van der Waals surface area contributed by atoms with Crippen molar-refractivity contribution in [2.24, 2.45) is 0 Å². The summed E-state index contributed by atoms with van der Waals surface area (Å²) >= 11 is 0. The Labute approximate surface area is 112 Å². The predicted octanol–water partition coefficient (Wildman–Crippen LogP) is -4.05. The SMILES string of the molecule is O=[SiH2].[AlH3].[CaH2].[MgH2].[Ti]. The summed E-state index contributed by atoms with van der Waals surface area (Å²) in [4.78, 5) is 0. The van der Waals surface area contributed by atoms with Crippen LogP contribution >= 0.6 is 0 Å². The minimum Gasteiger partial charge on any atom is 0 e. The molecular formula is H9AlCaMgOSiTi.